The van der Waals surface area contributed by atoms with E-state index in [2.05, 4.69) is 0 Å². The fourth-order valence-corrected chi connectivity index (χ4v) is 2.11. The Morgan fingerprint density at radius 1 is 1.40 bits per heavy atom. The summed E-state index contributed by atoms with van der Waals surface area (Å²) in [5, 5.41) is 8.71. The number of carbonyl (C=O) groups excluding carboxylic acids is 1. The fourth-order valence-electron chi connectivity index (χ4n) is 1.17. The number of thioether (sulfide) groups is 1. The summed E-state index contributed by atoms with van der Waals surface area (Å²) in [6, 6.07) is 9.87. The van der Waals surface area contributed by atoms with Gasteiger partial charge in [-0.05, 0) is 18.6 Å². The molecule has 1 atom stereocenters. The molecule has 0 saturated heterocycles. The molecule has 1 aromatic carbocycles. The van der Waals surface area contributed by atoms with Gasteiger partial charge in [-0.25, -0.2) is 0 Å². The SMILES string of the molecule is CC(CCO)C(=O)CSc1ccccc1. The number of carbonyl (C=O) groups is 1. The zero-order valence-corrected chi connectivity index (χ0v) is 9.67. The number of Topliss-reactive ketones (excluding diaryl/α,β-unsaturated/α-hetero) is 1. The predicted octanol–water partition coefficient (Wildman–Crippen LogP) is 2.37. The third-order valence-electron chi connectivity index (χ3n) is 2.24. The average Bonchev–Trinajstić information content (AvgIpc) is 2.27. The van der Waals surface area contributed by atoms with Gasteiger partial charge in [-0.1, -0.05) is 25.1 Å². The standard InChI is InChI=1S/C12H16O2S/c1-10(7-8-13)12(14)9-15-11-5-3-2-4-6-11/h2-6,10,13H,7-9H2,1H3. The van der Waals surface area contributed by atoms with Crippen molar-refractivity contribution in [1.82, 2.24) is 0 Å². The minimum Gasteiger partial charge on any atom is -0.396 e. The molecule has 1 aromatic rings. The van der Waals surface area contributed by atoms with Crippen molar-refractivity contribution in [1.29, 1.82) is 0 Å². The fraction of sp³-hybridized carbons (Fsp3) is 0.417. The molecule has 82 valence electrons. The second kappa shape index (κ2) is 6.64. The summed E-state index contributed by atoms with van der Waals surface area (Å²) in [7, 11) is 0. The molecule has 0 aliphatic heterocycles. The number of benzene rings is 1. The van der Waals surface area contributed by atoms with Gasteiger partial charge in [-0.15, -0.1) is 11.8 Å². The maximum absolute atomic E-state index is 11.6. The summed E-state index contributed by atoms with van der Waals surface area (Å²) < 4.78 is 0. The van der Waals surface area contributed by atoms with E-state index in [0.29, 0.717) is 12.2 Å². The zero-order valence-electron chi connectivity index (χ0n) is 8.85. The monoisotopic (exact) mass is 224 g/mol. The Hall–Kier alpha value is -0.800. The number of aliphatic hydroxyl groups is 1. The maximum atomic E-state index is 11.6. The topological polar surface area (TPSA) is 37.3 Å². The number of ketones is 1. The minimum atomic E-state index is -0.0359. The first-order valence-electron chi connectivity index (χ1n) is 5.05. The first-order valence-corrected chi connectivity index (χ1v) is 6.04. The van der Waals surface area contributed by atoms with Gasteiger partial charge in [-0.2, -0.15) is 0 Å². The van der Waals surface area contributed by atoms with E-state index in [9.17, 15) is 4.79 Å². The summed E-state index contributed by atoms with van der Waals surface area (Å²) >= 11 is 1.55. The first kappa shape index (κ1) is 12.3. The molecule has 0 radical (unpaired) electrons. The Kier molecular flexibility index (Phi) is 5.43. The van der Waals surface area contributed by atoms with Gasteiger partial charge in [0.2, 0.25) is 0 Å². The summed E-state index contributed by atoms with van der Waals surface area (Å²) in [5.74, 6) is 0.662. The molecule has 0 saturated carbocycles. The molecule has 0 heterocycles. The maximum Gasteiger partial charge on any atom is 0.145 e. The van der Waals surface area contributed by atoms with Gasteiger partial charge in [0.25, 0.3) is 0 Å². The van der Waals surface area contributed by atoms with E-state index >= 15 is 0 Å². The van der Waals surface area contributed by atoms with Gasteiger partial charge >= 0.3 is 0 Å². The molecule has 15 heavy (non-hydrogen) atoms. The molecule has 1 N–H and O–H groups in total. The van der Waals surface area contributed by atoms with Gasteiger partial charge in [0.1, 0.15) is 5.78 Å². The molecule has 1 unspecified atom stereocenters. The zero-order chi connectivity index (χ0) is 11.1. The smallest absolute Gasteiger partial charge is 0.145 e. The highest BCUT2D eigenvalue weighted by molar-refractivity contribution is 8.00. The Labute approximate surface area is 94.7 Å². The molecular weight excluding hydrogens is 208 g/mol. The van der Waals surface area contributed by atoms with Crippen LogP contribution in [0.15, 0.2) is 35.2 Å². The molecule has 0 bridgehead atoms. The molecular formula is C12H16O2S. The Bertz CT molecular complexity index is 298. The van der Waals surface area contributed by atoms with E-state index < -0.39 is 0 Å². The number of hydrogen-bond donors (Lipinski definition) is 1. The predicted molar refractivity (Wildman–Crippen MR) is 63.0 cm³/mol. The van der Waals surface area contributed by atoms with E-state index in [1.54, 1.807) is 11.8 Å². The third-order valence-corrected chi connectivity index (χ3v) is 3.27. The highest BCUT2D eigenvalue weighted by Crippen LogP contribution is 2.18. The van der Waals surface area contributed by atoms with E-state index in [4.69, 9.17) is 5.11 Å². The quantitative estimate of drug-likeness (QED) is 0.754. The lowest BCUT2D eigenvalue weighted by atomic mass is 10.1. The van der Waals surface area contributed by atoms with Gasteiger partial charge < -0.3 is 5.11 Å². The van der Waals surface area contributed by atoms with Gasteiger partial charge in [-0.3, -0.25) is 4.79 Å². The van der Waals surface area contributed by atoms with Crippen molar-refractivity contribution in [3.8, 4) is 0 Å². The highest BCUT2D eigenvalue weighted by atomic mass is 32.2. The van der Waals surface area contributed by atoms with E-state index in [1.165, 1.54) is 0 Å². The van der Waals surface area contributed by atoms with Gasteiger partial charge in [0.05, 0.1) is 5.75 Å². The van der Waals surface area contributed by atoms with Crippen molar-refractivity contribution in [3.63, 3.8) is 0 Å². The normalized spacial score (nSPS) is 12.4. The van der Waals surface area contributed by atoms with Crippen molar-refractivity contribution < 1.29 is 9.90 Å². The van der Waals surface area contributed by atoms with Crippen LogP contribution >= 0.6 is 11.8 Å². The van der Waals surface area contributed by atoms with Crippen LogP contribution in [0.3, 0.4) is 0 Å². The van der Waals surface area contributed by atoms with Crippen molar-refractivity contribution in [2.24, 2.45) is 5.92 Å². The van der Waals surface area contributed by atoms with Crippen LogP contribution in [0.4, 0.5) is 0 Å². The van der Waals surface area contributed by atoms with Crippen LogP contribution in [-0.4, -0.2) is 23.2 Å². The average molecular weight is 224 g/mol. The second-order valence-corrected chi connectivity index (χ2v) is 4.53. The first-order chi connectivity index (χ1) is 7.24. The number of hydrogen-bond acceptors (Lipinski definition) is 3. The minimum absolute atomic E-state index is 0.0359. The molecule has 0 amide bonds. The van der Waals surface area contributed by atoms with E-state index in [0.717, 1.165) is 4.90 Å². The van der Waals surface area contributed by atoms with E-state index in [-0.39, 0.29) is 18.3 Å². The molecule has 0 fully saturated rings. The van der Waals surface area contributed by atoms with Crippen molar-refractivity contribution >= 4 is 17.5 Å². The Balaban J connectivity index is 2.34. The van der Waals surface area contributed by atoms with Crippen LogP contribution < -0.4 is 0 Å². The summed E-state index contributed by atoms with van der Waals surface area (Å²) in [6.45, 7) is 1.95. The summed E-state index contributed by atoms with van der Waals surface area (Å²) in [5.41, 5.74) is 0. The van der Waals surface area contributed by atoms with Crippen LogP contribution in [0.5, 0.6) is 0 Å². The lowest BCUT2D eigenvalue weighted by Gasteiger charge is -2.07. The van der Waals surface area contributed by atoms with Crippen LogP contribution in [-0.2, 0) is 4.79 Å². The van der Waals surface area contributed by atoms with Crippen LogP contribution in [0.2, 0.25) is 0 Å². The van der Waals surface area contributed by atoms with Crippen LogP contribution in [0.25, 0.3) is 0 Å². The highest BCUT2D eigenvalue weighted by Gasteiger charge is 2.11. The van der Waals surface area contributed by atoms with Crippen LogP contribution in [0.1, 0.15) is 13.3 Å². The molecule has 2 nitrogen and oxygen atoms in total. The largest absolute Gasteiger partial charge is 0.396 e. The molecule has 0 aromatic heterocycles. The molecule has 0 aliphatic rings. The van der Waals surface area contributed by atoms with Crippen molar-refractivity contribution in [2.75, 3.05) is 12.4 Å². The Morgan fingerprint density at radius 3 is 2.67 bits per heavy atom. The summed E-state index contributed by atoms with van der Waals surface area (Å²) in [6.07, 6.45) is 0.564. The molecule has 1 rings (SSSR count). The van der Waals surface area contributed by atoms with Gasteiger partial charge in [0, 0.05) is 17.4 Å². The second-order valence-electron chi connectivity index (χ2n) is 3.48. The third kappa shape index (κ3) is 4.49. The summed E-state index contributed by atoms with van der Waals surface area (Å²) in [4.78, 5) is 12.7. The molecule has 0 aliphatic carbocycles. The Morgan fingerprint density at radius 2 is 2.07 bits per heavy atom. The van der Waals surface area contributed by atoms with E-state index in [1.807, 2.05) is 37.3 Å². The number of rotatable bonds is 6. The number of aliphatic hydroxyl groups excluding tert-OH is 1. The molecule has 3 heteroatoms. The van der Waals surface area contributed by atoms with Crippen molar-refractivity contribution in [2.45, 2.75) is 18.2 Å². The van der Waals surface area contributed by atoms with Gasteiger partial charge in [0.15, 0.2) is 0 Å². The molecule has 0 spiro atoms. The lowest BCUT2D eigenvalue weighted by Crippen LogP contribution is -2.14. The lowest BCUT2D eigenvalue weighted by molar-refractivity contribution is -0.120. The van der Waals surface area contributed by atoms with Crippen molar-refractivity contribution in [3.05, 3.63) is 30.3 Å². The van der Waals surface area contributed by atoms with Crippen LogP contribution in [0, 0.1) is 5.92 Å².